The summed E-state index contributed by atoms with van der Waals surface area (Å²) < 4.78 is 5.16. The summed E-state index contributed by atoms with van der Waals surface area (Å²) in [6, 6.07) is 0. The molecular formula is C10H12N2O3S2. The minimum atomic E-state index is -0.966. The molecule has 17 heavy (non-hydrogen) atoms. The van der Waals surface area contributed by atoms with Gasteiger partial charge in [0, 0.05) is 11.1 Å². The molecule has 1 unspecified atom stereocenters. The molecule has 7 heteroatoms. The van der Waals surface area contributed by atoms with Gasteiger partial charge in [-0.25, -0.2) is 9.78 Å². The fourth-order valence-corrected chi connectivity index (χ4v) is 2.83. The minimum absolute atomic E-state index is 0.211. The van der Waals surface area contributed by atoms with Gasteiger partial charge in [-0.2, -0.15) is 0 Å². The van der Waals surface area contributed by atoms with Crippen LogP contribution < -0.4 is 5.73 Å². The van der Waals surface area contributed by atoms with E-state index in [1.165, 1.54) is 23.4 Å². The van der Waals surface area contributed by atoms with Crippen molar-refractivity contribution in [3.8, 4) is 0 Å². The zero-order chi connectivity index (χ0) is 12.3. The Hall–Kier alpha value is -1.05. The van der Waals surface area contributed by atoms with E-state index in [-0.39, 0.29) is 11.5 Å². The molecule has 0 saturated carbocycles. The maximum Gasteiger partial charge on any atom is 0.337 e. The topological polar surface area (TPSA) is 85.4 Å². The first-order chi connectivity index (χ1) is 8.16. The Morgan fingerprint density at radius 2 is 2.53 bits per heavy atom. The summed E-state index contributed by atoms with van der Waals surface area (Å²) in [7, 11) is 0. The Bertz CT molecular complexity index is 439. The second kappa shape index (κ2) is 5.52. The molecule has 1 aliphatic rings. The number of rotatable bonds is 3. The van der Waals surface area contributed by atoms with Crippen LogP contribution >= 0.6 is 23.4 Å². The standard InChI is InChI=1S/C10H12N2O3S2/c11-10-12-8(5-16-10)7(9(13)14)3-6-1-2-15-17-4-6/h3,5-6H,1-2,4H2,(H2,11,12)(H,13,14). The van der Waals surface area contributed by atoms with Gasteiger partial charge in [0.15, 0.2) is 5.13 Å². The summed E-state index contributed by atoms with van der Waals surface area (Å²) in [5, 5.41) is 11.2. The van der Waals surface area contributed by atoms with E-state index in [4.69, 9.17) is 9.92 Å². The lowest BCUT2D eigenvalue weighted by molar-refractivity contribution is -0.130. The van der Waals surface area contributed by atoms with Crippen LogP contribution in [0.15, 0.2) is 11.5 Å². The number of aromatic nitrogens is 1. The third-order valence-corrected chi connectivity index (χ3v) is 3.94. The molecule has 1 fully saturated rings. The molecule has 1 aromatic heterocycles. The number of nitrogen functional groups attached to an aromatic ring is 1. The van der Waals surface area contributed by atoms with Crippen molar-refractivity contribution >= 4 is 40.1 Å². The summed E-state index contributed by atoms with van der Waals surface area (Å²) >= 11 is 2.62. The molecule has 92 valence electrons. The first-order valence-corrected chi connectivity index (χ1v) is 6.86. The highest BCUT2D eigenvalue weighted by Gasteiger charge is 2.19. The van der Waals surface area contributed by atoms with Crippen molar-refractivity contribution in [2.45, 2.75) is 6.42 Å². The average Bonchev–Trinajstić information content (AvgIpc) is 2.73. The van der Waals surface area contributed by atoms with Gasteiger partial charge < -0.3 is 15.0 Å². The lowest BCUT2D eigenvalue weighted by Crippen LogP contribution is -2.12. The smallest absolute Gasteiger partial charge is 0.337 e. The van der Waals surface area contributed by atoms with Crippen LogP contribution in [0.2, 0.25) is 0 Å². The second-order valence-electron chi connectivity index (χ2n) is 3.61. The summed E-state index contributed by atoms with van der Waals surface area (Å²) in [6.45, 7) is 0.651. The lowest BCUT2D eigenvalue weighted by Gasteiger charge is -2.17. The predicted molar refractivity (Wildman–Crippen MR) is 68.7 cm³/mol. The highest BCUT2D eigenvalue weighted by atomic mass is 32.2. The number of carboxylic acids is 1. The first kappa shape index (κ1) is 12.4. The Morgan fingerprint density at radius 3 is 3.06 bits per heavy atom. The Labute approximate surface area is 107 Å². The maximum absolute atomic E-state index is 11.2. The maximum atomic E-state index is 11.2. The van der Waals surface area contributed by atoms with Crippen LogP contribution in [0.4, 0.5) is 5.13 Å². The Balaban J connectivity index is 2.22. The van der Waals surface area contributed by atoms with E-state index < -0.39 is 5.97 Å². The molecule has 5 nitrogen and oxygen atoms in total. The van der Waals surface area contributed by atoms with Gasteiger partial charge in [-0.3, -0.25) is 0 Å². The van der Waals surface area contributed by atoms with Crippen LogP contribution in [-0.2, 0) is 8.98 Å². The van der Waals surface area contributed by atoms with Crippen molar-refractivity contribution in [3.05, 3.63) is 17.2 Å². The molecule has 0 amide bonds. The monoisotopic (exact) mass is 272 g/mol. The predicted octanol–water partition coefficient (Wildman–Crippen LogP) is 1.88. The van der Waals surface area contributed by atoms with Crippen molar-refractivity contribution in [3.63, 3.8) is 0 Å². The molecule has 2 heterocycles. The molecule has 0 aromatic carbocycles. The molecule has 0 bridgehead atoms. The van der Waals surface area contributed by atoms with E-state index in [0.717, 1.165) is 12.2 Å². The SMILES string of the molecule is Nc1nc(C(=CC2CCOSC2)C(=O)O)cs1. The number of carbonyl (C=O) groups is 1. The van der Waals surface area contributed by atoms with Crippen molar-refractivity contribution in [1.29, 1.82) is 0 Å². The van der Waals surface area contributed by atoms with Gasteiger partial charge in [0.25, 0.3) is 0 Å². The first-order valence-electron chi connectivity index (χ1n) is 5.07. The third-order valence-electron chi connectivity index (χ3n) is 2.37. The molecule has 2 rings (SSSR count). The number of aliphatic carboxylic acids is 1. The molecule has 1 saturated heterocycles. The van der Waals surface area contributed by atoms with Crippen LogP contribution in [0.1, 0.15) is 12.1 Å². The zero-order valence-electron chi connectivity index (χ0n) is 8.96. The van der Waals surface area contributed by atoms with Gasteiger partial charge >= 0.3 is 5.97 Å². The molecular weight excluding hydrogens is 260 g/mol. The van der Waals surface area contributed by atoms with Gasteiger partial charge in [0.2, 0.25) is 0 Å². The summed E-state index contributed by atoms with van der Waals surface area (Å²) in [4.78, 5) is 15.2. The second-order valence-corrected chi connectivity index (χ2v) is 5.31. The highest BCUT2D eigenvalue weighted by molar-refractivity contribution is 7.94. The van der Waals surface area contributed by atoms with Crippen LogP contribution in [0.25, 0.3) is 5.57 Å². The third kappa shape index (κ3) is 3.21. The lowest BCUT2D eigenvalue weighted by atomic mass is 10.0. The van der Waals surface area contributed by atoms with Gasteiger partial charge in [0.05, 0.1) is 17.9 Å². The molecule has 1 atom stereocenters. The number of carboxylic acid groups (broad SMARTS) is 1. The fraction of sp³-hybridized carbons (Fsp3) is 0.400. The number of allylic oxidation sites excluding steroid dienone is 1. The van der Waals surface area contributed by atoms with E-state index in [1.54, 1.807) is 11.5 Å². The number of thiazole rings is 1. The van der Waals surface area contributed by atoms with Crippen molar-refractivity contribution < 1.29 is 14.1 Å². The van der Waals surface area contributed by atoms with Gasteiger partial charge in [-0.15, -0.1) is 11.3 Å². The molecule has 0 aliphatic carbocycles. The highest BCUT2D eigenvalue weighted by Crippen LogP contribution is 2.26. The van der Waals surface area contributed by atoms with E-state index in [0.29, 0.717) is 17.4 Å². The normalized spacial score (nSPS) is 21.4. The number of hydrogen-bond donors (Lipinski definition) is 2. The van der Waals surface area contributed by atoms with Gasteiger partial charge in [0.1, 0.15) is 0 Å². The largest absolute Gasteiger partial charge is 0.478 e. The van der Waals surface area contributed by atoms with Crippen molar-refractivity contribution in [2.24, 2.45) is 5.92 Å². The average molecular weight is 272 g/mol. The van der Waals surface area contributed by atoms with E-state index >= 15 is 0 Å². The Kier molecular flexibility index (Phi) is 4.03. The summed E-state index contributed by atoms with van der Waals surface area (Å²) in [5.74, 6) is 0.0192. The van der Waals surface area contributed by atoms with Crippen LogP contribution in [0, 0.1) is 5.92 Å². The minimum Gasteiger partial charge on any atom is -0.478 e. The number of nitrogens with zero attached hydrogens (tertiary/aromatic N) is 1. The van der Waals surface area contributed by atoms with E-state index in [2.05, 4.69) is 4.98 Å². The van der Waals surface area contributed by atoms with Crippen LogP contribution in [0.3, 0.4) is 0 Å². The molecule has 1 aliphatic heterocycles. The van der Waals surface area contributed by atoms with E-state index in [9.17, 15) is 9.90 Å². The summed E-state index contributed by atoms with van der Waals surface area (Å²) in [5.41, 5.74) is 6.18. The number of anilines is 1. The van der Waals surface area contributed by atoms with E-state index in [1.807, 2.05) is 0 Å². The zero-order valence-corrected chi connectivity index (χ0v) is 10.6. The van der Waals surface area contributed by atoms with Crippen LogP contribution in [-0.4, -0.2) is 28.4 Å². The van der Waals surface area contributed by atoms with Crippen molar-refractivity contribution in [1.82, 2.24) is 4.98 Å². The molecule has 0 spiro atoms. The van der Waals surface area contributed by atoms with Gasteiger partial charge in [-0.1, -0.05) is 6.08 Å². The van der Waals surface area contributed by atoms with Gasteiger partial charge in [-0.05, 0) is 24.4 Å². The fourth-order valence-electron chi connectivity index (χ4n) is 1.52. The molecule has 0 radical (unpaired) electrons. The number of hydrogen-bond acceptors (Lipinski definition) is 6. The molecule has 3 N–H and O–H groups in total. The molecule has 1 aromatic rings. The van der Waals surface area contributed by atoms with Crippen LogP contribution in [0.5, 0.6) is 0 Å². The number of nitrogens with two attached hydrogens (primary N) is 1. The Morgan fingerprint density at radius 1 is 1.71 bits per heavy atom. The summed E-state index contributed by atoms with van der Waals surface area (Å²) in [6.07, 6.45) is 2.59. The van der Waals surface area contributed by atoms with Crippen molar-refractivity contribution in [2.75, 3.05) is 18.1 Å². The quantitative estimate of drug-likeness (QED) is 0.645.